The minimum absolute atomic E-state index is 0.150. The molecule has 0 aliphatic carbocycles. The largest absolute Gasteiger partial charge is 0.469 e. The lowest BCUT2D eigenvalue weighted by Gasteiger charge is -2.32. The van der Waals surface area contributed by atoms with E-state index in [1.807, 2.05) is 20.9 Å². The Balaban J connectivity index is 4.28. The molecule has 0 saturated carbocycles. The third-order valence-corrected chi connectivity index (χ3v) is 2.15. The zero-order valence-electron chi connectivity index (χ0n) is 11.2. The lowest BCUT2D eigenvalue weighted by Crippen LogP contribution is -2.41. The molecule has 0 unspecified atom stereocenters. The maximum atomic E-state index is 11.5. The van der Waals surface area contributed by atoms with Gasteiger partial charge in [0.15, 0.2) is 0 Å². The maximum absolute atomic E-state index is 11.5. The fourth-order valence-corrected chi connectivity index (χ4v) is 1.88. The van der Waals surface area contributed by atoms with Gasteiger partial charge < -0.3 is 9.64 Å². The van der Waals surface area contributed by atoms with Crippen molar-refractivity contribution in [2.45, 2.75) is 34.6 Å². The van der Waals surface area contributed by atoms with Crippen LogP contribution in [-0.2, 0) is 9.53 Å². The van der Waals surface area contributed by atoms with E-state index in [0.717, 1.165) is 13.1 Å². The lowest BCUT2D eigenvalue weighted by molar-refractivity contribution is -0.151. The van der Waals surface area contributed by atoms with E-state index < -0.39 is 5.41 Å². The van der Waals surface area contributed by atoms with Crippen LogP contribution >= 0.6 is 0 Å². The molecule has 0 rings (SSSR count). The fraction of sp³-hybridized carbons (Fsp3) is 0.917. The van der Waals surface area contributed by atoms with Crippen LogP contribution in [0.15, 0.2) is 0 Å². The number of carbonyl (C=O) groups excluding carboxylic acids is 1. The highest BCUT2D eigenvalue weighted by Gasteiger charge is 2.30. The first kappa shape index (κ1) is 14.4. The maximum Gasteiger partial charge on any atom is 0.312 e. The molecule has 0 atom stereocenters. The van der Waals surface area contributed by atoms with Crippen LogP contribution in [-0.4, -0.2) is 38.1 Å². The third-order valence-electron chi connectivity index (χ3n) is 2.15. The summed E-state index contributed by atoms with van der Waals surface area (Å²) in [5.41, 5.74) is -0.185. The van der Waals surface area contributed by atoms with Gasteiger partial charge in [-0.3, -0.25) is 4.79 Å². The molecule has 0 fully saturated rings. The van der Waals surface area contributed by atoms with Gasteiger partial charge in [-0.25, -0.2) is 0 Å². The predicted molar refractivity (Wildman–Crippen MR) is 62.7 cm³/mol. The highest BCUT2D eigenvalue weighted by molar-refractivity contribution is 5.76. The smallest absolute Gasteiger partial charge is 0.312 e. The first-order chi connectivity index (χ1) is 6.58. The Morgan fingerprint density at radius 2 is 1.60 bits per heavy atom. The summed E-state index contributed by atoms with van der Waals surface area (Å²) in [6.45, 7) is 12.1. The molecule has 0 radical (unpaired) electrons. The zero-order valence-corrected chi connectivity index (χ0v) is 11.2. The Morgan fingerprint density at radius 3 is 1.93 bits per heavy atom. The highest BCUT2D eigenvalue weighted by Crippen LogP contribution is 2.21. The molecule has 0 aliphatic heterocycles. The molecule has 3 heteroatoms. The van der Waals surface area contributed by atoms with Gasteiger partial charge in [-0.2, -0.15) is 0 Å². The number of esters is 1. The molecule has 0 amide bonds. The van der Waals surface area contributed by atoms with Crippen LogP contribution in [0.1, 0.15) is 34.6 Å². The quantitative estimate of drug-likeness (QED) is 0.673. The van der Waals surface area contributed by atoms with E-state index in [-0.39, 0.29) is 11.4 Å². The SMILES string of the molecule is COC(=O)C(C)(C)CN(C)CC(C)(C)C. The van der Waals surface area contributed by atoms with E-state index in [2.05, 4.69) is 25.7 Å². The minimum atomic E-state index is -0.436. The van der Waals surface area contributed by atoms with Gasteiger partial charge in [0.2, 0.25) is 0 Å². The number of carbonyl (C=O) groups is 1. The summed E-state index contributed by atoms with van der Waals surface area (Å²) in [5, 5.41) is 0. The summed E-state index contributed by atoms with van der Waals surface area (Å²) in [4.78, 5) is 13.7. The summed E-state index contributed by atoms with van der Waals surface area (Å²) in [5.74, 6) is -0.150. The second-order valence-electron chi connectivity index (χ2n) is 6.11. The van der Waals surface area contributed by atoms with E-state index in [4.69, 9.17) is 4.74 Å². The number of ether oxygens (including phenoxy) is 1. The van der Waals surface area contributed by atoms with Gasteiger partial charge in [-0.1, -0.05) is 20.8 Å². The molecule has 0 N–H and O–H groups in total. The van der Waals surface area contributed by atoms with E-state index in [1.165, 1.54) is 7.11 Å². The minimum Gasteiger partial charge on any atom is -0.469 e. The molecule has 90 valence electrons. The Hall–Kier alpha value is -0.570. The number of hydrogen-bond donors (Lipinski definition) is 0. The van der Waals surface area contributed by atoms with E-state index in [9.17, 15) is 4.79 Å². The third kappa shape index (κ3) is 5.78. The van der Waals surface area contributed by atoms with Crippen LogP contribution < -0.4 is 0 Å². The monoisotopic (exact) mass is 215 g/mol. The molecule has 0 aliphatic rings. The summed E-state index contributed by atoms with van der Waals surface area (Å²) in [6.07, 6.45) is 0. The van der Waals surface area contributed by atoms with Crippen molar-refractivity contribution in [3.8, 4) is 0 Å². The van der Waals surface area contributed by atoms with E-state index >= 15 is 0 Å². The standard InChI is InChI=1S/C12H25NO2/c1-11(2,3)8-13(6)9-12(4,5)10(14)15-7/h8-9H2,1-7H3. The van der Waals surface area contributed by atoms with Gasteiger partial charge in [0.25, 0.3) is 0 Å². The number of rotatable bonds is 4. The molecule has 0 bridgehead atoms. The van der Waals surface area contributed by atoms with E-state index in [0.29, 0.717) is 0 Å². The molecule has 15 heavy (non-hydrogen) atoms. The van der Waals surface area contributed by atoms with Crippen molar-refractivity contribution in [2.24, 2.45) is 10.8 Å². The Kier molecular flexibility index (Phi) is 4.78. The molecule has 0 heterocycles. The molecule has 3 nitrogen and oxygen atoms in total. The Morgan fingerprint density at radius 1 is 1.13 bits per heavy atom. The van der Waals surface area contributed by atoms with Crippen LogP contribution in [0.5, 0.6) is 0 Å². The number of hydrogen-bond acceptors (Lipinski definition) is 3. The van der Waals surface area contributed by atoms with Crippen molar-refractivity contribution in [2.75, 3.05) is 27.2 Å². The summed E-state index contributed by atoms with van der Waals surface area (Å²) in [7, 11) is 3.48. The van der Waals surface area contributed by atoms with Crippen molar-refractivity contribution in [3.63, 3.8) is 0 Å². The Labute approximate surface area is 93.8 Å². The van der Waals surface area contributed by atoms with Gasteiger partial charge in [-0.05, 0) is 26.3 Å². The fourth-order valence-electron chi connectivity index (χ4n) is 1.88. The Bertz CT molecular complexity index is 216. The first-order valence-electron chi connectivity index (χ1n) is 5.35. The molecular weight excluding hydrogens is 190 g/mol. The van der Waals surface area contributed by atoms with Crippen LogP contribution in [0.2, 0.25) is 0 Å². The summed E-state index contributed by atoms with van der Waals surface area (Å²) >= 11 is 0. The number of nitrogens with zero attached hydrogens (tertiary/aromatic N) is 1. The van der Waals surface area contributed by atoms with Gasteiger partial charge >= 0.3 is 5.97 Å². The topological polar surface area (TPSA) is 29.5 Å². The summed E-state index contributed by atoms with van der Waals surface area (Å²) < 4.78 is 4.78. The van der Waals surface area contributed by atoms with Gasteiger partial charge in [0, 0.05) is 13.1 Å². The van der Waals surface area contributed by atoms with Gasteiger partial charge in [0.1, 0.15) is 0 Å². The van der Waals surface area contributed by atoms with Crippen molar-refractivity contribution in [3.05, 3.63) is 0 Å². The average Bonchev–Trinajstić information content (AvgIpc) is 1.97. The van der Waals surface area contributed by atoms with Crippen LogP contribution in [0.25, 0.3) is 0 Å². The average molecular weight is 215 g/mol. The van der Waals surface area contributed by atoms with Crippen molar-refractivity contribution in [1.82, 2.24) is 4.90 Å². The second-order valence-corrected chi connectivity index (χ2v) is 6.11. The van der Waals surface area contributed by atoms with E-state index in [1.54, 1.807) is 0 Å². The van der Waals surface area contributed by atoms with Crippen molar-refractivity contribution < 1.29 is 9.53 Å². The highest BCUT2D eigenvalue weighted by atomic mass is 16.5. The second kappa shape index (κ2) is 4.97. The van der Waals surface area contributed by atoms with Crippen LogP contribution in [0.4, 0.5) is 0 Å². The first-order valence-corrected chi connectivity index (χ1v) is 5.35. The van der Waals surface area contributed by atoms with Crippen molar-refractivity contribution in [1.29, 1.82) is 0 Å². The molecule has 0 aromatic heterocycles. The molecule has 0 aromatic rings. The molecule has 0 aromatic carbocycles. The normalized spacial score (nSPS) is 13.1. The number of methoxy groups -OCH3 is 1. The van der Waals surface area contributed by atoms with Gasteiger partial charge in [-0.15, -0.1) is 0 Å². The molecule has 0 saturated heterocycles. The predicted octanol–water partition coefficient (Wildman–Crippen LogP) is 2.16. The molecular formula is C12H25NO2. The van der Waals surface area contributed by atoms with Crippen LogP contribution in [0.3, 0.4) is 0 Å². The van der Waals surface area contributed by atoms with Gasteiger partial charge in [0.05, 0.1) is 12.5 Å². The summed E-state index contributed by atoms with van der Waals surface area (Å²) in [6, 6.07) is 0. The lowest BCUT2D eigenvalue weighted by atomic mass is 9.91. The van der Waals surface area contributed by atoms with Crippen molar-refractivity contribution >= 4 is 5.97 Å². The van der Waals surface area contributed by atoms with Crippen LogP contribution in [0, 0.1) is 10.8 Å². The molecule has 0 spiro atoms. The zero-order chi connectivity index (χ0) is 12.3.